The van der Waals surface area contributed by atoms with E-state index < -0.39 is 0 Å². The molecule has 0 aliphatic rings. The van der Waals surface area contributed by atoms with Gasteiger partial charge in [-0.25, -0.2) is 0 Å². The van der Waals surface area contributed by atoms with Gasteiger partial charge < -0.3 is 5.73 Å². The van der Waals surface area contributed by atoms with Gasteiger partial charge in [-0.2, -0.15) is 0 Å². The van der Waals surface area contributed by atoms with E-state index in [0.717, 1.165) is 13.0 Å². The Balaban J connectivity index is 2.94. The Morgan fingerprint density at radius 1 is 1.06 bits per heavy atom. The summed E-state index contributed by atoms with van der Waals surface area (Å²) < 4.78 is 0. The van der Waals surface area contributed by atoms with Crippen LogP contribution in [0.4, 0.5) is 0 Å². The highest BCUT2D eigenvalue weighted by Gasteiger charge is 2.25. The predicted molar refractivity (Wildman–Crippen MR) is 81.0 cm³/mol. The SMILES string of the molecule is CCC(C)c1ccc(C(CCN)C(C)(C)C)cc1. The Hall–Kier alpha value is -0.820. The fourth-order valence-electron chi connectivity index (χ4n) is 2.56. The van der Waals surface area contributed by atoms with Gasteiger partial charge in [0, 0.05) is 0 Å². The van der Waals surface area contributed by atoms with E-state index in [0.29, 0.717) is 11.8 Å². The minimum absolute atomic E-state index is 0.275. The van der Waals surface area contributed by atoms with Gasteiger partial charge in [0.1, 0.15) is 0 Å². The highest BCUT2D eigenvalue weighted by atomic mass is 14.5. The van der Waals surface area contributed by atoms with E-state index in [1.165, 1.54) is 17.5 Å². The van der Waals surface area contributed by atoms with Gasteiger partial charge in [-0.1, -0.05) is 58.9 Å². The van der Waals surface area contributed by atoms with Crippen LogP contribution in [-0.4, -0.2) is 6.54 Å². The summed E-state index contributed by atoms with van der Waals surface area (Å²) in [4.78, 5) is 0. The maximum absolute atomic E-state index is 5.76. The lowest BCUT2D eigenvalue weighted by Gasteiger charge is -2.31. The van der Waals surface area contributed by atoms with E-state index in [1.54, 1.807) is 0 Å². The van der Waals surface area contributed by atoms with E-state index in [-0.39, 0.29) is 5.41 Å². The maximum atomic E-state index is 5.76. The van der Waals surface area contributed by atoms with E-state index in [4.69, 9.17) is 5.73 Å². The molecule has 1 rings (SSSR count). The molecule has 0 fully saturated rings. The lowest BCUT2D eigenvalue weighted by atomic mass is 9.74. The second-order valence-electron chi connectivity index (χ2n) is 6.47. The van der Waals surface area contributed by atoms with Crippen molar-refractivity contribution in [1.29, 1.82) is 0 Å². The van der Waals surface area contributed by atoms with Crippen molar-refractivity contribution in [3.05, 3.63) is 35.4 Å². The van der Waals surface area contributed by atoms with Crippen LogP contribution in [0.25, 0.3) is 0 Å². The molecule has 2 N–H and O–H groups in total. The van der Waals surface area contributed by atoms with Gasteiger partial charge in [0.15, 0.2) is 0 Å². The summed E-state index contributed by atoms with van der Waals surface area (Å²) in [6.45, 7) is 12.2. The molecule has 0 saturated carbocycles. The van der Waals surface area contributed by atoms with Gasteiger partial charge in [-0.3, -0.25) is 0 Å². The molecule has 0 aromatic heterocycles. The van der Waals surface area contributed by atoms with Crippen LogP contribution in [0.15, 0.2) is 24.3 Å². The van der Waals surface area contributed by atoms with Gasteiger partial charge in [-0.15, -0.1) is 0 Å². The van der Waals surface area contributed by atoms with Gasteiger partial charge in [0.25, 0.3) is 0 Å². The van der Waals surface area contributed by atoms with Crippen LogP contribution in [0.1, 0.15) is 70.4 Å². The molecule has 1 nitrogen and oxygen atoms in total. The number of nitrogens with two attached hydrogens (primary N) is 1. The number of hydrogen-bond acceptors (Lipinski definition) is 1. The number of hydrogen-bond donors (Lipinski definition) is 1. The number of rotatable bonds is 5. The molecule has 1 heteroatoms. The van der Waals surface area contributed by atoms with Crippen molar-refractivity contribution in [1.82, 2.24) is 0 Å². The topological polar surface area (TPSA) is 26.0 Å². The van der Waals surface area contributed by atoms with Gasteiger partial charge in [0.05, 0.1) is 0 Å². The van der Waals surface area contributed by atoms with Crippen molar-refractivity contribution in [3.63, 3.8) is 0 Å². The third-order valence-corrected chi connectivity index (χ3v) is 4.02. The molecule has 102 valence electrons. The molecule has 18 heavy (non-hydrogen) atoms. The summed E-state index contributed by atoms with van der Waals surface area (Å²) in [7, 11) is 0. The van der Waals surface area contributed by atoms with Crippen LogP contribution in [-0.2, 0) is 0 Å². The molecule has 0 aliphatic heterocycles. The fraction of sp³-hybridized carbons (Fsp3) is 0.647. The molecule has 2 unspecified atom stereocenters. The summed E-state index contributed by atoms with van der Waals surface area (Å²) in [5.41, 5.74) is 8.91. The Morgan fingerprint density at radius 2 is 1.56 bits per heavy atom. The van der Waals surface area contributed by atoms with Gasteiger partial charge in [0.2, 0.25) is 0 Å². The van der Waals surface area contributed by atoms with Crippen LogP contribution < -0.4 is 5.73 Å². The Bertz CT molecular complexity index is 345. The summed E-state index contributed by atoms with van der Waals surface area (Å²) >= 11 is 0. The molecule has 0 saturated heterocycles. The Morgan fingerprint density at radius 3 is 1.94 bits per heavy atom. The average Bonchev–Trinajstić information content (AvgIpc) is 2.34. The smallest absolute Gasteiger partial charge is 0.00712 e. The molecule has 0 aliphatic carbocycles. The lowest BCUT2D eigenvalue weighted by molar-refractivity contribution is 0.307. The van der Waals surface area contributed by atoms with Crippen LogP contribution in [0.5, 0.6) is 0 Å². The molecule has 0 heterocycles. The molecular weight excluding hydrogens is 218 g/mol. The largest absolute Gasteiger partial charge is 0.330 e. The first-order valence-electron chi connectivity index (χ1n) is 7.20. The summed E-state index contributed by atoms with van der Waals surface area (Å²) in [6, 6.07) is 9.18. The number of benzene rings is 1. The lowest BCUT2D eigenvalue weighted by Crippen LogP contribution is -2.21. The van der Waals surface area contributed by atoms with Gasteiger partial charge in [-0.05, 0) is 47.8 Å². The summed E-state index contributed by atoms with van der Waals surface area (Å²) in [6.07, 6.45) is 2.26. The zero-order valence-corrected chi connectivity index (χ0v) is 12.7. The first-order valence-corrected chi connectivity index (χ1v) is 7.20. The first-order chi connectivity index (χ1) is 8.40. The maximum Gasteiger partial charge on any atom is -0.00712 e. The second-order valence-corrected chi connectivity index (χ2v) is 6.47. The zero-order valence-electron chi connectivity index (χ0n) is 12.7. The van der Waals surface area contributed by atoms with Crippen molar-refractivity contribution in [2.45, 2.75) is 59.3 Å². The molecular formula is C17H29N. The van der Waals surface area contributed by atoms with Crippen molar-refractivity contribution in [2.24, 2.45) is 11.1 Å². The van der Waals surface area contributed by atoms with Crippen molar-refractivity contribution in [2.75, 3.05) is 6.54 Å². The third-order valence-electron chi connectivity index (χ3n) is 4.02. The monoisotopic (exact) mass is 247 g/mol. The van der Waals surface area contributed by atoms with E-state index in [1.807, 2.05) is 0 Å². The highest BCUT2D eigenvalue weighted by molar-refractivity contribution is 5.28. The molecule has 2 atom stereocenters. The van der Waals surface area contributed by atoms with Crippen LogP contribution >= 0.6 is 0 Å². The van der Waals surface area contributed by atoms with E-state index >= 15 is 0 Å². The Kier molecular flexibility index (Phi) is 5.40. The standard InChI is InChI=1S/C17H29N/c1-6-13(2)14-7-9-15(10-8-14)16(11-12-18)17(3,4)5/h7-10,13,16H,6,11-12,18H2,1-5H3. The molecule has 1 aromatic carbocycles. The van der Waals surface area contributed by atoms with Crippen molar-refractivity contribution >= 4 is 0 Å². The van der Waals surface area contributed by atoms with Crippen LogP contribution in [0.2, 0.25) is 0 Å². The zero-order chi connectivity index (χ0) is 13.8. The van der Waals surface area contributed by atoms with Crippen molar-refractivity contribution in [3.8, 4) is 0 Å². The average molecular weight is 247 g/mol. The predicted octanol–water partition coefficient (Wildman–Crippen LogP) is 4.68. The van der Waals surface area contributed by atoms with E-state index in [9.17, 15) is 0 Å². The quantitative estimate of drug-likeness (QED) is 0.803. The molecule has 0 bridgehead atoms. The van der Waals surface area contributed by atoms with Crippen LogP contribution in [0.3, 0.4) is 0 Å². The molecule has 0 spiro atoms. The second kappa shape index (κ2) is 6.38. The normalized spacial score (nSPS) is 15.4. The van der Waals surface area contributed by atoms with Crippen molar-refractivity contribution < 1.29 is 0 Å². The Labute approximate surface area is 113 Å². The molecule has 0 amide bonds. The fourth-order valence-corrected chi connectivity index (χ4v) is 2.56. The van der Waals surface area contributed by atoms with Gasteiger partial charge >= 0.3 is 0 Å². The van der Waals surface area contributed by atoms with E-state index in [2.05, 4.69) is 58.9 Å². The first kappa shape index (κ1) is 15.2. The summed E-state index contributed by atoms with van der Waals surface area (Å²) in [5, 5.41) is 0. The summed E-state index contributed by atoms with van der Waals surface area (Å²) in [5.74, 6) is 1.20. The minimum Gasteiger partial charge on any atom is -0.330 e. The molecule has 0 radical (unpaired) electrons. The molecule has 1 aromatic rings. The van der Waals surface area contributed by atoms with Crippen LogP contribution in [0, 0.1) is 5.41 Å². The highest BCUT2D eigenvalue weighted by Crippen LogP contribution is 2.37. The minimum atomic E-state index is 0.275. The third kappa shape index (κ3) is 3.84.